The van der Waals surface area contributed by atoms with Crippen molar-refractivity contribution in [2.24, 2.45) is 0 Å². The third kappa shape index (κ3) is 2.76. The highest BCUT2D eigenvalue weighted by atomic mass is 16.4. The number of hydrogen-bond donors (Lipinski definition) is 2. The van der Waals surface area contributed by atoms with Crippen LogP contribution in [-0.2, 0) is 13.0 Å². The van der Waals surface area contributed by atoms with Gasteiger partial charge in [-0.25, -0.2) is 4.79 Å². The number of nitrogens with one attached hydrogen (secondary N) is 1. The van der Waals surface area contributed by atoms with Crippen LogP contribution in [0.25, 0.3) is 0 Å². The van der Waals surface area contributed by atoms with Crippen molar-refractivity contribution < 1.29 is 9.90 Å². The normalized spacial score (nSPS) is 17.3. The summed E-state index contributed by atoms with van der Waals surface area (Å²) in [6.45, 7) is 4.98. The lowest BCUT2D eigenvalue weighted by molar-refractivity contribution is 0.0689. The molecule has 1 atom stereocenters. The van der Waals surface area contributed by atoms with Crippen molar-refractivity contribution >= 4 is 11.8 Å². The Labute approximate surface area is 127 Å². The number of aromatic nitrogens is 5. The average Bonchev–Trinajstić information content (AvgIpc) is 2.91. The number of rotatable bonds is 4. The Morgan fingerprint density at radius 1 is 1.32 bits per heavy atom. The van der Waals surface area contributed by atoms with E-state index in [1.54, 1.807) is 6.07 Å². The first-order chi connectivity index (χ1) is 10.5. The molecule has 0 bridgehead atoms. The molecule has 2 N–H and O–H groups in total. The predicted molar refractivity (Wildman–Crippen MR) is 78.8 cm³/mol. The van der Waals surface area contributed by atoms with Crippen LogP contribution in [0.3, 0.4) is 0 Å². The van der Waals surface area contributed by atoms with Crippen LogP contribution in [0.1, 0.15) is 48.3 Å². The summed E-state index contributed by atoms with van der Waals surface area (Å²) in [5, 5.41) is 28.2. The lowest BCUT2D eigenvalue weighted by Crippen LogP contribution is -2.32. The molecule has 0 fully saturated rings. The van der Waals surface area contributed by atoms with Gasteiger partial charge < -0.3 is 15.0 Å². The van der Waals surface area contributed by atoms with E-state index in [9.17, 15) is 4.79 Å². The third-order valence-electron chi connectivity index (χ3n) is 3.73. The second-order valence-corrected chi connectivity index (χ2v) is 5.73. The zero-order valence-corrected chi connectivity index (χ0v) is 12.5. The minimum Gasteiger partial charge on any atom is -0.476 e. The van der Waals surface area contributed by atoms with Gasteiger partial charge in [0.15, 0.2) is 5.69 Å². The number of nitrogens with zero attached hydrogens (tertiary/aromatic N) is 5. The summed E-state index contributed by atoms with van der Waals surface area (Å²) < 4.78 is 2.16. The fraction of sp³-hybridized carbons (Fsp3) is 0.500. The molecule has 0 aliphatic carbocycles. The molecule has 0 radical (unpaired) electrons. The predicted octanol–water partition coefficient (Wildman–Crippen LogP) is 1.32. The molecular formula is C14H18N6O2. The maximum absolute atomic E-state index is 10.8. The number of hydrogen-bond acceptors (Lipinski definition) is 6. The molecule has 2 aromatic heterocycles. The van der Waals surface area contributed by atoms with Crippen LogP contribution in [-0.4, -0.2) is 42.1 Å². The van der Waals surface area contributed by atoms with E-state index in [0.29, 0.717) is 11.7 Å². The van der Waals surface area contributed by atoms with E-state index in [2.05, 4.69) is 44.1 Å². The highest BCUT2D eigenvalue weighted by Crippen LogP contribution is 2.21. The standard InChI is InChI=1S/C14H18N6O2/c1-8(2)13-19-18-12-6-3-9(7-20(12)13)15-11-5-4-10(14(21)22)16-17-11/h4-5,8-9H,3,6-7H2,1-2H3,(H,15,17)(H,21,22). The van der Waals surface area contributed by atoms with Gasteiger partial charge in [-0.1, -0.05) is 13.8 Å². The van der Waals surface area contributed by atoms with Crippen molar-refractivity contribution in [3.63, 3.8) is 0 Å². The summed E-state index contributed by atoms with van der Waals surface area (Å²) in [6.07, 6.45) is 1.79. The van der Waals surface area contributed by atoms with Crippen molar-refractivity contribution in [1.29, 1.82) is 0 Å². The molecule has 8 nitrogen and oxygen atoms in total. The molecule has 0 spiro atoms. The number of carboxylic acid groups (broad SMARTS) is 1. The summed E-state index contributed by atoms with van der Waals surface area (Å²) >= 11 is 0. The van der Waals surface area contributed by atoms with E-state index < -0.39 is 5.97 Å². The zero-order valence-electron chi connectivity index (χ0n) is 12.5. The highest BCUT2D eigenvalue weighted by Gasteiger charge is 2.24. The molecule has 0 saturated heterocycles. The molecule has 0 aromatic carbocycles. The Hall–Kier alpha value is -2.51. The van der Waals surface area contributed by atoms with Crippen LogP contribution < -0.4 is 5.32 Å². The molecule has 8 heteroatoms. The van der Waals surface area contributed by atoms with Crippen LogP contribution in [0.2, 0.25) is 0 Å². The van der Waals surface area contributed by atoms with Crippen LogP contribution in [0, 0.1) is 0 Å². The second-order valence-electron chi connectivity index (χ2n) is 5.73. The highest BCUT2D eigenvalue weighted by molar-refractivity contribution is 5.85. The number of fused-ring (bicyclic) bond motifs is 1. The van der Waals surface area contributed by atoms with Crippen molar-refractivity contribution in [3.05, 3.63) is 29.5 Å². The van der Waals surface area contributed by atoms with E-state index >= 15 is 0 Å². The van der Waals surface area contributed by atoms with Gasteiger partial charge in [-0.15, -0.1) is 20.4 Å². The van der Waals surface area contributed by atoms with Gasteiger partial charge in [0, 0.05) is 24.9 Å². The van der Waals surface area contributed by atoms with E-state index in [1.165, 1.54) is 6.07 Å². The lowest BCUT2D eigenvalue weighted by Gasteiger charge is -2.26. The minimum absolute atomic E-state index is 0.0580. The van der Waals surface area contributed by atoms with Crippen molar-refractivity contribution in [3.8, 4) is 0 Å². The topological polar surface area (TPSA) is 106 Å². The summed E-state index contributed by atoms with van der Waals surface area (Å²) in [5.41, 5.74) is -0.0580. The van der Waals surface area contributed by atoms with Gasteiger partial charge in [0.2, 0.25) is 0 Å². The Kier molecular flexibility index (Phi) is 3.74. The van der Waals surface area contributed by atoms with Gasteiger partial charge in [-0.05, 0) is 18.6 Å². The fourth-order valence-electron chi connectivity index (χ4n) is 2.63. The Balaban J connectivity index is 1.72. The molecule has 3 heterocycles. The monoisotopic (exact) mass is 302 g/mol. The van der Waals surface area contributed by atoms with Crippen molar-refractivity contribution in [2.75, 3.05) is 5.32 Å². The Morgan fingerprint density at radius 2 is 2.14 bits per heavy atom. The molecule has 0 amide bonds. The quantitative estimate of drug-likeness (QED) is 0.877. The van der Waals surface area contributed by atoms with E-state index in [1.807, 2.05) is 0 Å². The minimum atomic E-state index is -1.08. The zero-order chi connectivity index (χ0) is 15.7. The molecule has 2 aromatic rings. The first-order valence-electron chi connectivity index (χ1n) is 7.30. The van der Waals surface area contributed by atoms with Gasteiger partial charge >= 0.3 is 5.97 Å². The average molecular weight is 302 g/mol. The number of anilines is 1. The van der Waals surface area contributed by atoms with Crippen LogP contribution in [0.5, 0.6) is 0 Å². The summed E-state index contributed by atoms with van der Waals surface area (Å²) in [7, 11) is 0. The maximum Gasteiger partial charge on any atom is 0.356 e. The first-order valence-corrected chi connectivity index (χ1v) is 7.30. The number of carbonyl (C=O) groups is 1. The summed E-state index contributed by atoms with van der Waals surface area (Å²) in [4.78, 5) is 10.8. The fourth-order valence-corrected chi connectivity index (χ4v) is 2.63. The van der Waals surface area contributed by atoms with Gasteiger partial charge in [-0.3, -0.25) is 0 Å². The summed E-state index contributed by atoms with van der Waals surface area (Å²) in [6, 6.07) is 3.29. The molecular weight excluding hydrogens is 284 g/mol. The van der Waals surface area contributed by atoms with E-state index in [4.69, 9.17) is 5.11 Å². The number of aryl methyl sites for hydroxylation is 1. The molecule has 22 heavy (non-hydrogen) atoms. The number of carboxylic acids is 1. The molecule has 1 aliphatic rings. The van der Waals surface area contributed by atoms with Crippen LogP contribution in [0.15, 0.2) is 12.1 Å². The SMILES string of the molecule is CC(C)c1nnc2n1CC(Nc1ccc(C(=O)O)nn1)CC2. The largest absolute Gasteiger partial charge is 0.476 e. The summed E-state index contributed by atoms with van der Waals surface area (Å²) in [5.74, 6) is 1.85. The molecule has 0 saturated carbocycles. The smallest absolute Gasteiger partial charge is 0.356 e. The molecule has 3 rings (SSSR count). The maximum atomic E-state index is 10.8. The van der Waals surface area contributed by atoms with Gasteiger partial charge in [0.25, 0.3) is 0 Å². The number of aromatic carboxylic acids is 1. The van der Waals surface area contributed by atoms with Crippen molar-refractivity contribution in [1.82, 2.24) is 25.0 Å². The van der Waals surface area contributed by atoms with Gasteiger partial charge in [0.05, 0.1) is 0 Å². The molecule has 1 aliphatic heterocycles. The van der Waals surface area contributed by atoms with E-state index in [-0.39, 0.29) is 11.7 Å². The first kappa shape index (κ1) is 14.4. The molecule has 1 unspecified atom stereocenters. The third-order valence-corrected chi connectivity index (χ3v) is 3.73. The van der Waals surface area contributed by atoms with Crippen LogP contribution >= 0.6 is 0 Å². The molecule has 116 valence electrons. The Bertz CT molecular complexity index is 679. The lowest BCUT2D eigenvalue weighted by atomic mass is 10.1. The van der Waals surface area contributed by atoms with Crippen molar-refractivity contribution in [2.45, 2.75) is 45.2 Å². The van der Waals surface area contributed by atoms with Crippen LogP contribution in [0.4, 0.5) is 5.82 Å². The second kappa shape index (κ2) is 5.70. The van der Waals surface area contributed by atoms with Gasteiger partial charge in [-0.2, -0.15) is 0 Å². The van der Waals surface area contributed by atoms with E-state index in [0.717, 1.165) is 31.0 Å². The Morgan fingerprint density at radius 3 is 2.77 bits per heavy atom. The van der Waals surface area contributed by atoms with Gasteiger partial charge in [0.1, 0.15) is 17.5 Å².